The van der Waals surface area contributed by atoms with Gasteiger partial charge in [0.1, 0.15) is 6.10 Å². The fourth-order valence-electron chi connectivity index (χ4n) is 1.46. The topological polar surface area (TPSA) is 68.4 Å². The zero-order valence-electron chi connectivity index (χ0n) is 9.98. The third-order valence-corrected chi connectivity index (χ3v) is 2.31. The van der Waals surface area contributed by atoms with Crippen molar-refractivity contribution in [3.05, 3.63) is 11.7 Å². The zero-order chi connectivity index (χ0) is 11.8. The minimum absolute atomic E-state index is 0.0691. The summed E-state index contributed by atoms with van der Waals surface area (Å²) in [5, 5.41) is 12.6. The van der Waals surface area contributed by atoms with E-state index >= 15 is 0 Å². The standard InChI is InChI=1S/C11H20N2O3/c1-3-9(15-4-2)11-12-10(16-13-11)7-5-6-8-14/h9,14H,3-8H2,1-2H3. The Morgan fingerprint density at radius 3 is 2.81 bits per heavy atom. The summed E-state index contributed by atoms with van der Waals surface area (Å²) in [6.45, 7) is 4.83. The van der Waals surface area contributed by atoms with Crippen molar-refractivity contribution in [1.29, 1.82) is 0 Å². The Balaban J connectivity index is 2.48. The second kappa shape index (κ2) is 7.35. The highest BCUT2D eigenvalue weighted by Crippen LogP contribution is 2.18. The van der Waals surface area contributed by atoms with Crippen molar-refractivity contribution in [3.8, 4) is 0 Å². The van der Waals surface area contributed by atoms with Gasteiger partial charge in [-0.3, -0.25) is 0 Å². The van der Waals surface area contributed by atoms with Crippen molar-refractivity contribution in [2.24, 2.45) is 0 Å². The van der Waals surface area contributed by atoms with E-state index in [1.54, 1.807) is 0 Å². The molecule has 0 radical (unpaired) electrons. The number of nitrogens with zero attached hydrogens (tertiary/aromatic N) is 2. The first-order chi connectivity index (χ1) is 7.81. The van der Waals surface area contributed by atoms with Gasteiger partial charge < -0.3 is 14.4 Å². The predicted octanol–water partition coefficient (Wildman–Crippen LogP) is 1.87. The van der Waals surface area contributed by atoms with Gasteiger partial charge in [-0.25, -0.2) is 0 Å². The second-order valence-electron chi connectivity index (χ2n) is 3.58. The number of aryl methyl sites for hydroxylation is 1. The summed E-state index contributed by atoms with van der Waals surface area (Å²) in [5.74, 6) is 1.25. The number of rotatable bonds is 8. The van der Waals surface area contributed by atoms with Crippen LogP contribution in [0.4, 0.5) is 0 Å². The lowest BCUT2D eigenvalue weighted by atomic mass is 10.2. The first kappa shape index (κ1) is 13.1. The number of hydrogen-bond acceptors (Lipinski definition) is 5. The number of aliphatic hydroxyl groups excluding tert-OH is 1. The maximum atomic E-state index is 8.66. The molecule has 92 valence electrons. The molecule has 1 atom stereocenters. The Hall–Kier alpha value is -0.940. The van der Waals surface area contributed by atoms with Crippen molar-refractivity contribution in [1.82, 2.24) is 10.1 Å². The van der Waals surface area contributed by atoms with Gasteiger partial charge in [-0.1, -0.05) is 12.1 Å². The number of hydrogen-bond donors (Lipinski definition) is 1. The maximum absolute atomic E-state index is 8.66. The zero-order valence-corrected chi connectivity index (χ0v) is 9.98. The van der Waals surface area contributed by atoms with Crippen molar-refractivity contribution in [2.75, 3.05) is 13.2 Å². The van der Waals surface area contributed by atoms with Crippen molar-refractivity contribution in [3.63, 3.8) is 0 Å². The molecule has 0 aliphatic rings. The molecule has 1 rings (SSSR count). The molecule has 1 aromatic heterocycles. The van der Waals surface area contributed by atoms with Crippen LogP contribution in [0.2, 0.25) is 0 Å². The quantitative estimate of drug-likeness (QED) is 0.688. The average Bonchev–Trinajstić information content (AvgIpc) is 2.75. The van der Waals surface area contributed by atoms with Crippen LogP contribution >= 0.6 is 0 Å². The first-order valence-corrected chi connectivity index (χ1v) is 5.86. The molecule has 1 aromatic rings. The normalized spacial score (nSPS) is 12.9. The van der Waals surface area contributed by atoms with Crippen LogP contribution in [0.3, 0.4) is 0 Å². The van der Waals surface area contributed by atoms with Gasteiger partial charge in [-0.2, -0.15) is 4.98 Å². The van der Waals surface area contributed by atoms with Gasteiger partial charge in [0.25, 0.3) is 0 Å². The van der Waals surface area contributed by atoms with E-state index in [0.29, 0.717) is 18.3 Å². The highest BCUT2D eigenvalue weighted by molar-refractivity contribution is 4.91. The Bertz CT molecular complexity index is 289. The monoisotopic (exact) mass is 228 g/mol. The lowest BCUT2D eigenvalue weighted by molar-refractivity contribution is 0.0518. The molecule has 1 N–H and O–H groups in total. The SMILES string of the molecule is CCOC(CC)c1noc(CCCCO)n1. The van der Waals surface area contributed by atoms with Gasteiger partial charge in [0, 0.05) is 19.6 Å². The molecule has 0 bridgehead atoms. The summed E-state index contributed by atoms with van der Waals surface area (Å²) >= 11 is 0. The molecule has 1 unspecified atom stereocenters. The highest BCUT2D eigenvalue weighted by atomic mass is 16.5. The van der Waals surface area contributed by atoms with E-state index in [2.05, 4.69) is 10.1 Å². The summed E-state index contributed by atoms with van der Waals surface area (Å²) < 4.78 is 10.6. The van der Waals surface area contributed by atoms with Crippen LogP contribution in [0.15, 0.2) is 4.52 Å². The van der Waals surface area contributed by atoms with Crippen LogP contribution in [0, 0.1) is 0 Å². The molecule has 5 heteroatoms. The van der Waals surface area contributed by atoms with E-state index in [9.17, 15) is 0 Å². The van der Waals surface area contributed by atoms with E-state index in [4.69, 9.17) is 14.4 Å². The molecule has 0 aliphatic carbocycles. The second-order valence-corrected chi connectivity index (χ2v) is 3.58. The van der Waals surface area contributed by atoms with E-state index in [1.165, 1.54) is 0 Å². The number of ether oxygens (including phenoxy) is 1. The van der Waals surface area contributed by atoms with E-state index in [-0.39, 0.29) is 12.7 Å². The number of aromatic nitrogens is 2. The number of aliphatic hydroxyl groups is 1. The van der Waals surface area contributed by atoms with E-state index < -0.39 is 0 Å². The fourth-order valence-corrected chi connectivity index (χ4v) is 1.46. The van der Waals surface area contributed by atoms with E-state index in [1.807, 2.05) is 13.8 Å². The van der Waals surface area contributed by atoms with Crippen molar-refractivity contribution >= 4 is 0 Å². The third-order valence-electron chi connectivity index (χ3n) is 2.31. The Morgan fingerprint density at radius 2 is 2.19 bits per heavy atom. The predicted molar refractivity (Wildman–Crippen MR) is 59.0 cm³/mol. The molecule has 5 nitrogen and oxygen atoms in total. The molecular formula is C11H20N2O3. The van der Waals surface area contributed by atoms with Gasteiger partial charge in [-0.15, -0.1) is 0 Å². The Morgan fingerprint density at radius 1 is 1.38 bits per heavy atom. The molecule has 16 heavy (non-hydrogen) atoms. The molecule has 0 aromatic carbocycles. The lowest BCUT2D eigenvalue weighted by Crippen LogP contribution is -2.05. The van der Waals surface area contributed by atoms with Crippen molar-refractivity contribution < 1.29 is 14.4 Å². The van der Waals surface area contributed by atoms with Gasteiger partial charge in [0.05, 0.1) is 0 Å². The van der Waals surface area contributed by atoms with Crippen LogP contribution in [-0.4, -0.2) is 28.5 Å². The maximum Gasteiger partial charge on any atom is 0.226 e. The van der Waals surface area contributed by atoms with Gasteiger partial charge in [0.2, 0.25) is 11.7 Å². The largest absolute Gasteiger partial charge is 0.396 e. The fraction of sp³-hybridized carbons (Fsp3) is 0.818. The number of unbranched alkanes of at least 4 members (excludes halogenated alkanes) is 1. The van der Waals surface area contributed by atoms with Crippen LogP contribution in [-0.2, 0) is 11.2 Å². The van der Waals surface area contributed by atoms with Crippen LogP contribution in [0.5, 0.6) is 0 Å². The Labute approximate surface area is 95.8 Å². The van der Waals surface area contributed by atoms with Crippen LogP contribution in [0.1, 0.15) is 50.9 Å². The lowest BCUT2D eigenvalue weighted by Gasteiger charge is -2.09. The molecular weight excluding hydrogens is 208 g/mol. The summed E-state index contributed by atoms with van der Waals surface area (Å²) in [7, 11) is 0. The van der Waals surface area contributed by atoms with Gasteiger partial charge in [-0.05, 0) is 26.2 Å². The summed E-state index contributed by atoms with van der Waals surface area (Å²) in [6, 6.07) is 0. The van der Waals surface area contributed by atoms with Gasteiger partial charge in [0.15, 0.2) is 0 Å². The minimum atomic E-state index is -0.0691. The molecule has 0 aliphatic heterocycles. The minimum Gasteiger partial charge on any atom is -0.396 e. The molecule has 0 spiro atoms. The van der Waals surface area contributed by atoms with Crippen LogP contribution < -0.4 is 0 Å². The van der Waals surface area contributed by atoms with Gasteiger partial charge >= 0.3 is 0 Å². The molecule has 0 saturated heterocycles. The third kappa shape index (κ3) is 3.90. The molecule has 1 heterocycles. The average molecular weight is 228 g/mol. The smallest absolute Gasteiger partial charge is 0.226 e. The molecule has 0 fully saturated rings. The molecule has 0 saturated carbocycles. The first-order valence-electron chi connectivity index (χ1n) is 5.86. The Kier molecular flexibility index (Phi) is 6.03. The molecule has 0 amide bonds. The summed E-state index contributed by atoms with van der Waals surface area (Å²) in [6.07, 6.45) is 3.11. The summed E-state index contributed by atoms with van der Waals surface area (Å²) in [5.41, 5.74) is 0. The van der Waals surface area contributed by atoms with Crippen molar-refractivity contribution in [2.45, 2.75) is 45.6 Å². The van der Waals surface area contributed by atoms with Crippen LogP contribution in [0.25, 0.3) is 0 Å². The van der Waals surface area contributed by atoms with E-state index in [0.717, 1.165) is 25.7 Å². The summed E-state index contributed by atoms with van der Waals surface area (Å²) in [4.78, 5) is 4.29. The highest BCUT2D eigenvalue weighted by Gasteiger charge is 2.16.